The van der Waals surface area contributed by atoms with Crippen LogP contribution in [0.25, 0.3) is 0 Å². The molecule has 1 saturated heterocycles. The maximum atomic E-state index is 12.2. The molecule has 23 heavy (non-hydrogen) atoms. The zero-order chi connectivity index (χ0) is 15.9. The van der Waals surface area contributed by atoms with Crippen molar-refractivity contribution in [2.75, 3.05) is 31.5 Å². The lowest BCUT2D eigenvalue weighted by Gasteiger charge is -2.32. The maximum absolute atomic E-state index is 12.2. The summed E-state index contributed by atoms with van der Waals surface area (Å²) in [5.41, 5.74) is 6.91. The van der Waals surface area contributed by atoms with Crippen LogP contribution in [0.1, 0.15) is 36.5 Å². The van der Waals surface area contributed by atoms with Gasteiger partial charge in [0.15, 0.2) is 5.78 Å². The number of halogens is 1. The van der Waals surface area contributed by atoms with Crippen molar-refractivity contribution in [1.29, 1.82) is 0 Å². The summed E-state index contributed by atoms with van der Waals surface area (Å²) in [5.74, 6) is 0.568. The molecule has 0 radical (unpaired) electrons. The van der Waals surface area contributed by atoms with E-state index in [1.54, 1.807) is 24.3 Å². The first-order chi connectivity index (χ1) is 10.6. The minimum Gasteiger partial charge on any atom is -0.330 e. The Labute approximate surface area is 144 Å². The molecule has 6 heteroatoms. The van der Waals surface area contributed by atoms with Crippen LogP contribution in [-0.4, -0.2) is 42.8 Å². The van der Waals surface area contributed by atoms with Gasteiger partial charge >= 0.3 is 0 Å². The van der Waals surface area contributed by atoms with Crippen molar-refractivity contribution in [2.24, 2.45) is 11.7 Å². The molecule has 1 fully saturated rings. The van der Waals surface area contributed by atoms with Crippen molar-refractivity contribution < 1.29 is 9.59 Å². The molecule has 0 spiro atoms. The molecule has 1 heterocycles. The number of ketones is 1. The summed E-state index contributed by atoms with van der Waals surface area (Å²) in [4.78, 5) is 25.7. The standard InChI is InChI=1S/C17H25N3O2.ClH/c1-13(21)15-5-2-6-16(10-15)19-17(22)12-20-9-3-4-14(11-20)7-8-18;/h2,5-6,10,14H,3-4,7-9,11-12,18H2,1H3,(H,19,22);1H. The molecule has 1 aromatic carbocycles. The number of likely N-dealkylation sites (tertiary alicyclic amines) is 1. The average molecular weight is 340 g/mol. The van der Waals surface area contributed by atoms with E-state index in [1.165, 1.54) is 13.3 Å². The first kappa shape index (κ1) is 19.6. The zero-order valence-electron chi connectivity index (χ0n) is 13.6. The van der Waals surface area contributed by atoms with Gasteiger partial charge in [-0.15, -0.1) is 12.4 Å². The van der Waals surface area contributed by atoms with Gasteiger partial charge in [-0.05, 0) is 57.3 Å². The molecule has 1 unspecified atom stereocenters. The van der Waals surface area contributed by atoms with Crippen molar-refractivity contribution in [1.82, 2.24) is 4.90 Å². The van der Waals surface area contributed by atoms with Crippen LogP contribution in [0.4, 0.5) is 5.69 Å². The zero-order valence-corrected chi connectivity index (χ0v) is 14.4. The van der Waals surface area contributed by atoms with E-state index < -0.39 is 0 Å². The number of benzene rings is 1. The highest BCUT2D eigenvalue weighted by atomic mass is 35.5. The Morgan fingerprint density at radius 2 is 2.17 bits per heavy atom. The van der Waals surface area contributed by atoms with Crippen molar-refractivity contribution in [3.05, 3.63) is 29.8 Å². The Kier molecular flexibility index (Phi) is 8.23. The predicted molar refractivity (Wildman–Crippen MR) is 95.2 cm³/mol. The Morgan fingerprint density at radius 3 is 2.87 bits per heavy atom. The fourth-order valence-corrected chi connectivity index (χ4v) is 2.99. The number of nitrogens with zero attached hydrogens (tertiary/aromatic N) is 1. The Bertz CT molecular complexity index is 534. The number of carbonyl (C=O) groups excluding carboxylic acids is 2. The van der Waals surface area contributed by atoms with Crippen LogP contribution in [0.15, 0.2) is 24.3 Å². The smallest absolute Gasteiger partial charge is 0.238 e. The van der Waals surface area contributed by atoms with Crippen LogP contribution in [0, 0.1) is 5.92 Å². The molecule has 1 amide bonds. The summed E-state index contributed by atoms with van der Waals surface area (Å²) >= 11 is 0. The number of hydrogen-bond acceptors (Lipinski definition) is 4. The number of hydrogen-bond donors (Lipinski definition) is 2. The molecule has 1 aliphatic heterocycles. The molecule has 5 nitrogen and oxygen atoms in total. The number of piperidine rings is 1. The molecule has 0 bridgehead atoms. The number of nitrogens with two attached hydrogens (primary N) is 1. The van der Waals surface area contributed by atoms with Gasteiger partial charge in [-0.3, -0.25) is 14.5 Å². The maximum Gasteiger partial charge on any atom is 0.238 e. The van der Waals surface area contributed by atoms with Crippen molar-refractivity contribution in [2.45, 2.75) is 26.2 Å². The molecule has 128 valence electrons. The number of carbonyl (C=O) groups is 2. The van der Waals surface area contributed by atoms with Gasteiger partial charge in [-0.2, -0.15) is 0 Å². The quantitative estimate of drug-likeness (QED) is 0.780. The highest BCUT2D eigenvalue weighted by Crippen LogP contribution is 2.19. The van der Waals surface area contributed by atoms with Gasteiger partial charge < -0.3 is 11.1 Å². The Morgan fingerprint density at radius 1 is 1.39 bits per heavy atom. The average Bonchev–Trinajstić information content (AvgIpc) is 2.48. The molecule has 0 aliphatic carbocycles. The van der Waals surface area contributed by atoms with Crippen LogP contribution in [0.3, 0.4) is 0 Å². The first-order valence-electron chi connectivity index (χ1n) is 7.91. The van der Waals surface area contributed by atoms with E-state index in [0.717, 1.165) is 25.9 Å². The van der Waals surface area contributed by atoms with Gasteiger partial charge in [0.1, 0.15) is 0 Å². The van der Waals surface area contributed by atoms with Crippen LogP contribution in [0.5, 0.6) is 0 Å². The SMILES string of the molecule is CC(=O)c1cccc(NC(=O)CN2CCCC(CCN)C2)c1.Cl. The molecular weight excluding hydrogens is 314 g/mol. The number of Topliss-reactive ketones (excluding diaryl/α,β-unsaturated/α-hetero) is 1. The topological polar surface area (TPSA) is 75.4 Å². The fraction of sp³-hybridized carbons (Fsp3) is 0.529. The summed E-state index contributed by atoms with van der Waals surface area (Å²) in [5, 5.41) is 2.87. The van der Waals surface area contributed by atoms with Gasteiger partial charge in [-0.25, -0.2) is 0 Å². The van der Waals surface area contributed by atoms with Crippen LogP contribution < -0.4 is 11.1 Å². The van der Waals surface area contributed by atoms with E-state index in [2.05, 4.69) is 10.2 Å². The van der Waals surface area contributed by atoms with E-state index in [-0.39, 0.29) is 24.1 Å². The number of nitrogens with one attached hydrogen (secondary N) is 1. The monoisotopic (exact) mass is 339 g/mol. The lowest BCUT2D eigenvalue weighted by molar-refractivity contribution is -0.117. The van der Waals surface area contributed by atoms with Crippen molar-refractivity contribution >= 4 is 29.8 Å². The molecule has 0 saturated carbocycles. The first-order valence-corrected chi connectivity index (χ1v) is 7.91. The van der Waals surface area contributed by atoms with E-state index in [4.69, 9.17) is 5.73 Å². The molecule has 1 atom stereocenters. The number of amides is 1. The van der Waals surface area contributed by atoms with Gasteiger partial charge in [0.25, 0.3) is 0 Å². The van der Waals surface area contributed by atoms with Crippen LogP contribution in [0.2, 0.25) is 0 Å². The van der Waals surface area contributed by atoms with Crippen LogP contribution >= 0.6 is 12.4 Å². The number of anilines is 1. The highest BCUT2D eigenvalue weighted by Gasteiger charge is 2.21. The third-order valence-electron chi connectivity index (χ3n) is 4.10. The molecule has 3 N–H and O–H groups in total. The van der Waals surface area contributed by atoms with Crippen molar-refractivity contribution in [3.8, 4) is 0 Å². The summed E-state index contributed by atoms with van der Waals surface area (Å²) in [7, 11) is 0. The molecule has 0 aromatic heterocycles. The second-order valence-electron chi connectivity index (χ2n) is 6.01. The normalized spacial score (nSPS) is 18.1. The molecule has 2 rings (SSSR count). The number of rotatable bonds is 6. The summed E-state index contributed by atoms with van der Waals surface area (Å²) in [6.07, 6.45) is 3.35. The third-order valence-corrected chi connectivity index (χ3v) is 4.10. The second kappa shape index (κ2) is 9.65. The van der Waals surface area contributed by atoms with Gasteiger partial charge in [0.2, 0.25) is 5.91 Å². The predicted octanol–water partition coefficient (Wildman–Crippen LogP) is 2.31. The Hall–Kier alpha value is -1.43. The molecular formula is C17H26ClN3O2. The second-order valence-corrected chi connectivity index (χ2v) is 6.01. The summed E-state index contributed by atoms with van der Waals surface area (Å²) in [6, 6.07) is 7.05. The molecule has 1 aromatic rings. The minimum absolute atomic E-state index is 0. The molecule has 1 aliphatic rings. The lowest BCUT2D eigenvalue weighted by Crippen LogP contribution is -2.40. The third kappa shape index (κ3) is 6.29. The van der Waals surface area contributed by atoms with E-state index in [0.29, 0.717) is 30.3 Å². The minimum atomic E-state index is -0.0332. The van der Waals surface area contributed by atoms with E-state index in [1.807, 2.05) is 0 Å². The van der Waals surface area contributed by atoms with Gasteiger partial charge in [0, 0.05) is 17.8 Å². The summed E-state index contributed by atoms with van der Waals surface area (Å²) in [6.45, 7) is 4.53. The van der Waals surface area contributed by atoms with Crippen LogP contribution in [-0.2, 0) is 4.79 Å². The fourth-order valence-electron chi connectivity index (χ4n) is 2.99. The van der Waals surface area contributed by atoms with E-state index >= 15 is 0 Å². The lowest BCUT2D eigenvalue weighted by atomic mass is 9.95. The summed E-state index contributed by atoms with van der Waals surface area (Å²) < 4.78 is 0. The Balaban J connectivity index is 0.00000264. The van der Waals surface area contributed by atoms with Gasteiger partial charge in [0.05, 0.1) is 6.54 Å². The highest BCUT2D eigenvalue weighted by molar-refractivity contribution is 5.97. The van der Waals surface area contributed by atoms with Gasteiger partial charge in [-0.1, -0.05) is 12.1 Å². The largest absolute Gasteiger partial charge is 0.330 e. The van der Waals surface area contributed by atoms with Crippen molar-refractivity contribution in [3.63, 3.8) is 0 Å². The van der Waals surface area contributed by atoms with E-state index in [9.17, 15) is 9.59 Å².